The van der Waals surface area contributed by atoms with Crippen molar-refractivity contribution < 1.29 is 4.74 Å². The van der Waals surface area contributed by atoms with Crippen LogP contribution in [0.4, 0.5) is 0 Å². The number of ether oxygens (including phenoxy) is 1. The maximum Gasteiger partial charge on any atom is 0.119 e. The van der Waals surface area contributed by atoms with Gasteiger partial charge < -0.3 is 10.1 Å². The summed E-state index contributed by atoms with van der Waals surface area (Å²) in [6.07, 6.45) is 0. The maximum atomic E-state index is 5.30. The zero-order valence-electron chi connectivity index (χ0n) is 11.9. The SMILES string of the molecule is CCNC(c1cccc(OC)c1)c1nc(C)c(C)s1. The molecule has 0 spiro atoms. The van der Waals surface area contributed by atoms with Crippen LogP contribution >= 0.6 is 11.3 Å². The molecule has 2 rings (SSSR count). The minimum absolute atomic E-state index is 0.137. The second-order valence-corrected chi connectivity index (χ2v) is 5.70. The summed E-state index contributed by atoms with van der Waals surface area (Å²) < 4.78 is 5.30. The van der Waals surface area contributed by atoms with Gasteiger partial charge in [0.25, 0.3) is 0 Å². The Bertz CT molecular complexity index is 531. The molecule has 1 aromatic carbocycles. The van der Waals surface area contributed by atoms with Crippen molar-refractivity contribution >= 4 is 11.3 Å². The van der Waals surface area contributed by atoms with Gasteiger partial charge in [0, 0.05) is 4.88 Å². The molecule has 0 radical (unpaired) electrons. The molecule has 0 aliphatic carbocycles. The molecular formula is C15H20N2OS. The molecule has 3 nitrogen and oxygen atoms in total. The zero-order chi connectivity index (χ0) is 13.8. The van der Waals surface area contributed by atoms with Crippen LogP contribution < -0.4 is 10.1 Å². The molecular weight excluding hydrogens is 256 g/mol. The van der Waals surface area contributed by atoms with Gasteiger partial charge in [-0.3, -0.25) is 0 Å². The van der Waals surface area contributed by atoms with Crippen LogP contribution in [0.3, 0.4) is 0 Å². The minimum Gasteiger partial charge on any atom is -0.497 e. The number of aryl methyl sites for hydroxylation is 2. The van der Waals surface area contributed by atoms with Gasteiger partial charge in [-0.05, 0) is 38.1 Å². The second kappa shape index (κ2) is 6.17. The molecule has 0 saturated carbocycles. The monoisotopic (exact) mass is 276 g/mol. The Hall–Kier alpha value is -1.39. The Labute approximate surface area is 118 Å². The van der Waals surface area contributed by atoms with Crippen molar-refractivity contribution in [2.75, 3.05) is 13.7 Å². The van der Waals surface area contributed by atoms with E-state index in [4.69, 9.17) is 4.74 Å². The summed E-state index contributed by atoms with van der Waals surface area (Å²) in [6, 6.07) is 8.30. The molecule has 0 fully saturated rings. The summed E-state index contributed by atoms with van der Waals surface area (Å²) in [5.74, 6) is 0.880. The Morgan fingerprint density at radius 2 is 2.16 bits per heavy atom. The lowest BCUT2D eigenvalue weighted by Crippen LogP contribution is -2.21. The predicted octanol–water partition coefficient (Wildman–Crippen LogP) is 3.47. The van der Waals surface area contributed by atoms with E-state index >= 15 is 0 Å². The van der Waals surface area contributed by atoms with Gasteiger partial charge in [-0.15, -0.1) is 11.3 Å². The number of rotatable bonds is 5. The first-order chi connectivity index (χ1) is 9.15. The van der Waals surface area contributed by atoms with Crippen LogP contribution in [0.2, 0.25) is 0 Å². The van der Waals surface area contributed by atoms with Crippen molar-refractivity contribution in [3.05, 3.63) is 45.4 Å². The van der Waals surface area contributed by atoms with Crippen LogP contribution in [-0.4, -0.2) is 18.6 Å². The van der Waals surface area contributed by atoms with Crippen LogP contribution in [0.15, 0.2) is 24.3 Å². The Morgan fingerprint density at radius 3 is 2.74 bits per heavy atom. The van der Waals surface area contributed by atoms with E-state index in [1.54, 1.807) is 18.4 Å². The number of hydrogen-bond donors (Lipinski definition) is 1. The van der Waals surface area contributed by atoms with E-state index in [0.717, 1.165) is 23.0 Å². The van der Waals surface area contributed by atoms with Gasteiger partial charge in [-0.1, -0.05) is 19.1 Å². The quantitative estimate of drug-likeness (QED) is 0.908. The third-order valence-corrected chi connectivity index (χ3v) is 4.27. The first kappa shape index (κ1) is 14.0. The summed E-state index contributed by atoms with van der Waals surface area (Å²) in [7, 11) is 1.69. The number of nitrogens with one attached hydrogen (secondary N) is 1. The molecule has 1 unspecified atom stereocenters. The van der Waals surface area contributed by atoms with Gasteiger partial charge in [-0.2, -0.15) is 0 Å². The van der Waals surface area contributed by atoms with E-state index < -0.39 is 0 Å². The normalized spacial score (nSPS) is 12.4. The molecule has 0 saturated heterocycles. The molecule has 19 heavy (non-hydrogen) atoms. The molecule has 0 aliphatic heterocycles. The van der Waals surface area contributed by atoms with Crippen molar-refractivity contribution in [1.29, 1.82) is 0 Å². The first-order valence-electron chi connectivity index (χ1n) is 6.47. The summed E-state index contributed by atoms with van der Waals surface area (Å²) >= 11 is 1.76. The molecule has 102 valence electrons. The van der Waals surface area contributed by atoms with Gasteiger partial charge >= 0.3 is 0 Å². The van der Waals surface area contributed by atoms with Gasteiger partial charge in [0.05, 0.1) is 18.8 Å². The zero-order valence-corrected chi connectivity index (χ0v) is 12.7. The molecule has 1 aromatic heterocycles. The second-order valence-electron chi connectivity index (χ2n) is 4.46. The fourth-order valence-electron chi connectivity index (χ4n) is 1.99. The average Bonchev–Trinajstić information content (AvgIpc) is 2.75. The number of thiazole rings is 1. The summed E-state index contributed by atoms with van der Waals surface area (Å²) in [6.45, 7) is 7.19. The van der Waals surface area contributed by atoms with Crippen LogP contribution in [0, 0.1) is 13.8 Å². The summed E-state index contributed by atoms with van der Waals surface area (Å²) in [5, 5.41) is 4.62. The highest BCUT2D eigenvalue weighted by Crippen LogP contribution is 2.29. The number of methoxy groups -OCH3 is 1. The summed E-state index contributed by atoms with van der Waals surface area (Å²) in [4.78, 5) is 5.95. The number of aromatic nitrogens is 1. The van der Waals surface area contributed by atoms with Crippen LogP contribution in [0.25, 0.3) is 0 Å². The summed E-state index contributed by atoms with van der Waals surface area (Å²) in [5.41, 5.74) is 2.31. The highest BCUT2D eigenvalue weighted by Gasteiger charge is 2.18. The molecule has 1 heterocycles. The van der Waals surface area contributed by atoms with Gasteiger partial charge in [0.15, 0.2) is 0 Å². The molecule has 0 bridgehead atoms. The fourth-order valence-corrected chi connectivity index (χ4v) is 3.02. The Balaban J connectivity index is 2.38. The Morgan fingerprint density at radius 1 is 1.37 bits per heavy atom. The average molecular weight is 276 g/mol. The lowest BCUT2D eigenvalue weighted by molar-refractivity contribution is 0.413. The van der Waals surface area contributed by atoms with Gasteiger partial charge in [-0.25, -0.2) is 4.98 Å². The van der Waals surface area contributed by atoms with Crippen LogP contribution in [-0.2, 0) is 0 Å². The van der Waals surface area contributed by atoms with E-state index in [0.29, 0.717) is 0 Å². The van der Waals surface area contributed by atoms with E-state index in [1.165, 1.54) is 10.4 Å². The smallest absolute Gasteiger partial charge is 0.119 e. The lowest BCUT2D eigenvalue weighted by atomic mass is 10.1. The minimum atomic E-state index is 0.137. The molecule has 2 aromatic rings. The standard InChI is InChI=1S/C15H20N2OS/c1-5-16-14(15-17-10(2)11(3)19-15)12-7-6-8-13(9-12)18-4/h6-9,14,16H,5H2,1-4H3. The van der Waals surface area contributed by atoms with Crippen LogP contribution in [0.1, 0.15) is 34.1 Å². The third-order valence-electron chi connectivity index (χ3n) is 3.13. The molecule has 0 amide bonds. The molecule has 0 aliphatic rings. The van der Waals surface area contributed by atoms with Crippen molar-refractivity contribution in [3.63, 3.8) is 0 Å². The van der Waals surface area contributed by atoms with Crippen molar-refractivity contribution in [1.82, 2.24) is 10.3 Å². The third kappa shape index (κ3) is 3.14. The number of benzene rings is 1. The van der Waals surface area contributed by atoms with Gasteiger partial charge in [0.2, 0.25) is 0 Å². The highest BCUT2D eigenvalue weighted by molar-refractivity contribution is 7.11. The van der Waals surface area contributed by atoms with E-state index in [9.17, 15) is 0 Å². The van der Waals surface area contributed by atoms with Crippen molar-refractivity contribution in [3.8, 4) is 5.75 Å². The van der Waals surface area contributed by atoms with E-state index in [-0.39, 0.29) is 6.04 Å². The predicted molar refractivity (Wildman–Crippen MR) is 80.1 cm³/mol. The molecule has 4 heteroatoms. The van der Waals surface area contributed by atoms with Crippen molar-refractivity contribution in [2.45, 2.75) is 26.8 Å². The molecule has 1 N–H and O–H groups in total. The van der Waals surface area contributed by atoms with Crippen LogP contribution in [0.5, 0.6) is 5.75 Å². The lowest BCUT2D eigenvalue weighted by Gasteiger charge is -2.16. The van der Waals surface area contributed by atoms with E-state index in [2.05, 4.69) is 43.2 Å². The Kier molecular flexibility index (Phi) is 4.56. The first-order valence-corrected chi connectivity index (χ1v) is 7.28. The van der Waals surface area contributed by atoms with Crippen molar-refractivity contribution in [2.24, 2.45) is 0 Å². The topological polar surface area (TPSA) is 34.1 Å². The highest BCUT2D eigenvalue weighted by atomic mass is 32.1. The molecule has 1 atom stereocenters. The fraction of sp³-hybridized carbons (Fsp3) is 0.400. The number of nitrogens with zero attached hydrogens (tertiary/aromatic N) is 1. The van der Waals surface area contributed by atoms with E-state index in [1.807, 2.05) is 12.1 Å². The number of hydrogen-bond acceptors (Lipinski definition) is 4. The largest absolute Gasteiger partial charge is 0.497 e. The van der Waals surface area contributed by atoms with Gasteiger partial charge in [0.1, 0.15) is 10.8 Å². The maximum absolute atomic E-state index is 5.30.